The van der Waals surface area contributed by atoms with E-state index in [4.69, 9.17) is 16.7 Å². The second-order valence-corrected chi connectivity index (χ2v) is 3.89. The SMILES string of the molecule is OCCCNCc1c(Cl)nc2ccccn12. The first kappa shape index (κ1) is 11.4. The summed E-state index contributed by atoms with van der Waals surface area (Å²) in [5.41, 5.74) is 1.81. The number of nitrogens with zero attached hydrogens (tertiary/aromatic N) is 2. The van der Waals surface area contributed by atoms with Crippen LogP contribution in [0.2, 0.25) is 5.15 Å². The van der Waals surface area contributed by atoms with Gasteiger partial charge in [0.25, 0.3) is 0 Å². The van der Waals surface area contributed by atoms with Gasteiger partial charge in [-0.15, -0.1) is 0 Å². The Labute approximate surface area is 98.9 Å². The van der Waals surface area contributed by atoms with Crippen molar-refractivity contribution in [3.8, 4) is 0 Å². The van der Waals surface area contributed by atoms with E-state index < -0.39 is 0 Å². The summed E-state index contributed by atoms with van der Waals surface area (Å²) < 4.78 is 1.97. The highest BCUT2D eigenvalue weighted by atomic mass is 35.5. The zero-order valence-corrected chi connectivity index (χ0v) is 9.61. The molecule has 0 aliphatic heterocycles. The van der Waals surface area contributed by atoms with Gasteiger partial charge in [-0.05, 0) is 25.1 Å². The van der Waals surface area contributed by atoms with Crippen molar-refractivity contribution in [2.45, 2.75) is 13.0 Å². The number of aliphatic hydroxyl groups excluding tert-OH is 1. The van der Waals surface area contributed by atoms with Crippen LogP contribution in [-0.2, 0) is 6.54 Å². The van der Waals surface area contributed by atoms with Crippen LogP contribution in [0.1, 0.15) is 12.1 Å². The highest BCUT2D eigenvalue weighted by Gasteiger charge is 2.08. The van der Waals surface area contributed by atoms with Crippen LogP contribution in [0.4, 0.5) is 0 Å². The minimum atomic E-state index is 0.202. The molecule has 2 aromatic rings. The van der Waals surface area contributed by atoms with Crippen LogP contribution in [0.15, 0.2) is 24.4 Å². The number of fused-ring (bicyclic) bond motifs is 1. The molecule has 4 nitrogen and oxygen atoms in total. The van der Waals surface area contributed by atoms with Crippen LogP contribution in [0.3, 0.4) is 0 Å². The van der Waals surface area contributed by atoms with E-state index in [9.17, 15) is 0 Å². The molecule has 0 saturated carbocycles. The summed E-state index contributed by atoms with van der Waals surface area (Å²) in [4.78, 5) is 4.25. The summed E-state index contributed by atoms with van der Waals surface area (Å²) >= 11 is 6.06. The third kappa shape index (κ3) is 2.35. The molecule has 5 heteroatoms. The Morgan fingerprint density at radius 3 is 3.12 bits per heavy atom. The van der Waals surface area contributed by atoms with Gasteiger partial charge in [-0.25, -0.2) is 4.98 Å². The van der Waals surface area contributed by atoms with Crippen molar-refractivity contribution in [3.05, 3.63) is 35.2 Å². The second kappa shape index (κ2) is 5.30. The van der Waals surface area contributed by atoms with E-state index in [0.717, 1.165) is 24.3 Å². The first-order valence-corrected chi connectivity index (χ1v) is 5.64. The minimum Gasteiger partial charge on any atom is -0.396 e. The van der Waals surface area contributed by atoms with Crippen LogP contribution in [0, 0.1) is 0 Å². The van der Waals surface area contributed by atoms with E-state index in [1.165, 1.54) is 0 Å². The molecule has 2 N–H and O–H groups in total. The number of imidazole rings is 1. The van der Waals surface area contributed by atoms with E-state index in [1.807, 2.05) is 28.8 Å². The summed E-state index contributed by atoms with van der Waals surface area (Å²) in [6, 6.07) is 5.80. The van der Waals surface area contributed by atoms with Crippen molar-refractivity contribution in [1.29, 1.82) is 0 Å². The quantitative estimate of drug-likeness (QED) is 0.777. The third-order valence-corrected chi connectivity index (χ3v) is 2.69. The normalized spacial score (nSPS) is 11.1. The van der Waals surface area contributed by atoms with Gasteiger partial charge in [-0.1, -0.05) is 17.7 Å². The maximum Gasteiger partial charge on any atom is 0.152 e. The zero-order valence-electron chi connectivity index (χ0n) is 8.86. The molecule has 0 aromatic carbocycles. The molecule has 0 unspecified atom stereocenters. The highest BCUT2D eigenvalue weighted by Crippen LogP contribution is 2.16. The molecule has 0 saturated heterocycles. The molecule has 0 fully saturated rings. The van der Waals surface area contributed by atoms with Gasteiger partial charge in [0.05, 0.1) is 5.69 Å². The molecule has 0 amide bonds. The van der Waals surface area contributed by atoms with Crippen molar-refractivity contribution in [2.75, 3.05) is 13.2 Å². The molecule has 0 bridgehead atoms. The number of hydrogen-bond acceptors (Lipinski definition) is 3. The number of halogens is 1. The fourth-order valence-corrected chi connectivity index (χ4v) is 1.83. The fraction of sp³-hybridized carbons (Fsp3) is 0.364. The first-order chi connectivity index (χ1) is 7.83. The van der Waals surface area contributed by atoms with Crippen LogP contribution >= 0.6 is 11.6 Å². The van der Waals surface area contributed by atoms with Crippen LogP contribution in [0.25, 0.3) is 5.65 Å². The smallest absolute Gasteiger partial charge is 0.152 e. The Morgan fingerprint density at radius 2 is 2.31 bits per heavy atom. The number of hydrogen-bond donors (Lipinski definition) is 2. The van der Waals surface area contributed by atoms with Crippen LogP contribution < -0.4 is 5.32 Å². The number of rotatable bonds is 5. The van der Waals surface area contributed by atoms with Gasteiger partial charge in [-0.3, -0.25) is 0 Å². The van der Waals surface area contributed by atoms with E-state index in [1.54, 1.807) is 0 Å². The number of aliphatic hydroxyl groups is 1. The predicted molar refractivity (Wildman–Crippen MR) is 63.6 cm³/mol. The minimum absolute atomic E-state index is 0.202. The lowest BCUT2D eigenvalue weighted by atomic mass is 10.4. The monoisotopic (exact) mass is 239 g/mol. The van der Waals surface area contributed by atoms with Gasteiger partial charge in [0.1, 0.15) is 5.65 Å². The molecule has 0 atom stereocenters. The molecule has 16 heavy (non-hydrogen) atoms. The number of pyridine rings is 1. The van der Waals surface area contributed by atoms with E-state index in [-0.39, 0.29) is 6.61 Å². The van der Waals surface area contributed by atoms with Gasteiger partial charge < -0.3 is 14.8 Å². The van der Waals surface area contributed by atoms with Crippen LogP contribution in [-0.4, -0.2) is 27.6 Å². The van der Waals surface area contributed by atoms with Gasteiger partial charge >= 0.3 is 0 Å². The summed E-state index contributed by atoms with van der Waals surface area (Å²) in [5, 5.41) is 12.4. The lowest BCUT2D eigenvalue weighted by molar-refractivity contribution is 0.286. The maximum absolute atomic E-state index is 8.67. The predicted octanol–water partition coefficient (Wildman–Crippen LogP) is 1.46. The third-order valence-electron chi connectivity index (χ3n) is 2.38. The average molecular weight is 240 g/mol. The topological polar surface area (TPSA) is 49.6 Å². The average Bonchev–Trinajstić information content (AvgIpc) is 2.61. The number of nitrogens with one attached hydrogen (secondary N) is 1. The highest BCUT2D eigenvalue weighted by molar-refractivity contribution is 6.30. The molecule has 2 aromatic heterocycles. The summed E-state index contributed by atoms with van der Waals surface area (Å²) in [6.07, 6.45) is 2.69. The number of aromatic nitrogens is 2. The standard InChI is InChI=1S/C11H14ClN3O/c12-11-9(8-13-5-3-7-16)15-6-2-1-4-10(15)14-11/h1-2,4,6,13,16H,3,5,7-8H2. The summed E-state index contributed by atoms with van der Waals surface area (Å²) in [6.45, 7) is 1.63. The van der Waals surface area contributed by atoms with Crippen molar-refractivity contribution < 1.29 is 5.11 Å². The molecule has 0 radical (unpaired) electrons. The Hall–Kier alpha value is -1.10. The van der Waals surface area contributed by atoms with E-state index in [0.29, 0.717) is 11.7 Å². The molecule has 86 valence electrons. The molecule has 0 aliphatic carbocycles. The molecule has 0 spiro atoms. The second-order valence-electron chi connectivity index (χ2n) is 3.53. The Kier molecular flexibility index (Phi) is 3.77. The van der Waals surface area contributed by atoms with E-state index >= 15 is 0 Å². The van der Waals surface area contributed by atoms with Crippen molar-refractivity contribution >= 4 is 17.2 Å². The summed E-state index contributed by atoms with van der Waals surface area (Å²) in [5.74, 6) is 0. The Morgan fingerprint density at radius 1 is 1.44 bits per heavy atom. The molecule has 2 rings (SSSR count). The van der Waals surface area contributed by atoms with Crippen molar-refractivity contribution in [1.82, 2.24) is 14.7 Å². The van der Waals surface area contributed by atoms with Gasteiger partial charge in [0.15, 0.2) is 5.15 Å². The molecule has 0 aliphatic rings. The fourth-order valence-electron chi connectivity index (χ4n) is 1.59. The maximum atomic E-state index is 8.67. The Bertz CT molecular complexity index is 469. The summed E-state index contributed by atoms with van der Waals surface area (Å²) in [7, 11) is 0. The van der Waals surface area contributed by atoms with E-state index in [2.05, 4.69) is 10.3 Å². The van der Waals surface area contributed by atoms with Crippen molar-refractivity contribution in [3.63, 3.8) is 0 Å². The lowest BCUT2D eigenvalue weighted by Crippen LogP contribution is -2.17. The molecular weight excluding hydrogens is 226 g/mol. The van der Waals surface area contributed by atoms with Gasteiger partial charge in [0, 0.05) is 19.3 Å². The molecule has 2 heterocycles. The van der Waals surface area contributed by atoms with Gasteiger partial charge in [-0.2, -0.15) is 0 Å². The van der Waals surface area contributed by atoms with Gasteiger partial charge in [0.2, 0.25) is 0 Å². The Balaban J connectivity index is 2.13. The first-order valence-electron chi connectivity index (χ1n) is 5.26. The largest absolute Gasteiger partial charge is 0.396 e. The van der Waals surface area contributed by atoms with Crippen molar-refractivity contribution in [2.24, 2.45) is 0 Å². The lowest BCUT2D eigenvalue weighted by Gasteiger charge is -2.04. The molecular formula is C11H14ClN3O. The van der Waals surface area contributed by atoms with Crippen LogP contribution in [0.5, 0.6) is 0 Å². The zero-order chi connectivity index (χ0) is 11.4.